The van der Waals surface area contributed by atoms with Gasteiger partial charge in [-0.1, -0.05) is 30.3 Å². The minimum atomic E-state index is -1.15. The van der Waals surface area contributed by atoms with Crippen molar-refractivity contribution in [3.05, 3.63) is 54.5 Å². The van der Waals surface area contributed by atoms with Crippen molar-refractivity contribution < 1.29 is 20.1 Å². The van der Waals surface area contributed by atoms with Gasteiger partial charge >= 0.3 is 0 Å². The number of anilines is 1. The van der Waals surface area contributed by atoms with Crippen molar-refractivity contribution in [2.24, 2.45) is 0 Å². The summed E-state index contributed by atoms with van der Waals surface area (Å²) >= 11 is 0. The smallest absolute Gasteiger partial charge is 0.164 e. The Morgan fingerprint density at radius 1 is 1.08 bits per heavy atom. The number of nitrogens with zero attached hydrogens (tertiary/aromatic N) is 3. The summed E-state index contributed by atoms with van der Waals surface area (Å²) in [5, 5.41) is 32.7. The first kappa shape index (κ1) is 16.9. The fraction of sp³-hybridized carbons (Fsp3) is 0.333. The number of benzene rings is 1. The van der Waals surface area contributed by atoms with Crippen LogP contribution in [-0.4, -0.2) is 54.8 Å². The van der Waals surface area contributed by atoms with Gasteiger partial charge in [0, 0.05) is 12.7 Å². The van der Waals surface area contributed by atoms with E-state index in [1.807, 2.05) is 30.3 Å². The fourth-order valence-electron chi connectivity index (χ4n) is 3.19. The van der Waals surface area contributed by atoms with E-state index in [1.165, 1.54) is 0 Å². The molecule has 0 saturated carbocycles. The minimum Gasteiger partial charge on any atom is -0.394 e. The Kier molecular flexibility index (Phi) is 4.56. The van der Waals surface area contributed by atoms with Crippen LogP contribution in [0.4, 0.5) is 5.82 Å². The summed E-state index contributed by atoms with van der Waals surface area (Å²) < 4.78 is 7.24. The van der Waals surface area contributed by atoms with Gasteiger partial charge in [0.25, 0.3) is 0 Å². The lowest BCUT2D eigenvalue weighted by Crippen LogP contribution is -2.33. The van der Waals surface area contributed by atoms with Gasteiger partial charge in [0.1, 0.15) is 23.8 Å². The number of rotatable bonds is 5. The molecule has 3 heterocycles. The molecule has 4 atom stereocenters. The maximum Gasteiger partial charge on any atom is 0.164 e. The van der Waals surface area contributed by atoms with E-state index in [9.17, 15) is 15.3 Å². The molecule has 1 fully saturated rings. The zero-order valence-corrected chi connectivity index (χ0v) is 13.9. The zero-order valence-electron chi connectivity index (χ0n) is 13.9. The molecule has 1 saturated heterocycles. The van der Waals surface area contributed by atoms with Crippen LogP contribution in [0.15, 0.2) is 48.9 Å². The molecule has 0 bridgehead atoms. The van der Waals surface area contributed by atoms with Crippen LogP contribution in [0.3, 0.4) is 0 Å². The van der Waals surface area contributed by atoms with Crippen molar-refractivity contribution in [3.8, 4) is 0 Å². The van der Waals surface area contributed by atoms with E-state index < -0.39 is 24.5 Å². The van der Waals surface area contributed by atoms with Gasteiger partial charge in [-0.2, -0.15) is 0 Å². The Labute approximate surface area is 149 Å². The average molecular weight is 356 g/mol. The van der Waals surface area contributed by atoms with Gasteiger partial charge in [0.15, 0.2) is 12.0 Å². The lowest BCUT2D eigenvalue weighted by molar-refractivity contribution is -0.0508. The molecule has 2 unspecified atom stereocenters. The van der Waals surface area contributed by atoms with E-state index in [0.29, 0.717) is 23.4 Å². The van der Waals surface area contributed by atoms with Gasteiger partial charge in [-0.15, -0.1) is 0 Å². The first-order valence-corrected chi connectivity index (χ1v) is 8.41. The van der Waals surface area contributed by atoms with E-state index in [4.69, 9.17) is 4.74 Å². The number of imidazole rings is 1. The molecule has 1 aromatic carbocycles. The van der Waals surface area contributed by atoms with Crippen LogP contribution in [0.5, 0.6) is 0 Å². The van der Waals surface area contributed by atoms with E-state index >= 15 is 0 Å². The van der Waals surface area contributed by atoms with Crippen molar-refractivity contribution in [2.45, 2.75) is 31.1 Å². The molecule has 26 heavy (non-hydrogen) atoms. The SMILES string of the molecule is OC[C@H]1O[C@@H](n2cnc3c(NCc4ccccc4)nccc32)C(O)C1O. The van der Waals surface area contributed by atoms with Crippen LogP contribution in [0.1, 0.15) is 11.8 Å². The Hall–Kier alpha value is -2.52. The minimum absolute atomic E-state index is 0.368. The number of aromatic nitrogens is 3. The van der Waals surface area contributed by atoms with Crippen molar-refractivity contribution >= 4 is 16.9 Å². The lowest BCUT2D eigenvalue weighted by Gasteiger charge is -2.17. The van der Waals surface area contributed by atoms with E-state index in [2.05, 4.69) is 15.3 Å². The molecular weight excluding hydrogens is 336 g/mol. The monoisotopic (exact) mass is 356 g/mol. The summed E-state index contributed by atoms with van der Waals surface area (Å²) in [6, 6.07) is 11.7. The molecule has 1 aliphatic rings. The molecule has 1 aliphatic heterocycles. The summed E-state index contributed by atoms with van der Waals surface area (Å²) in [6.07, 6.45) is -0.768. The summed E-state index contributed by atoms with van der Waals surface area (Å²) in [6.45, 7) is 0.237. The van der Waals surface area contributed by atoms with Gasteiger partial charge in [-0.25, -0.2) is 9.97 Å². The molecule has 0 spiro atoms. The second kappa shape index (κ2) is 7.00. The Balaban J connectivity index is 1.61. The molecule has 136 valence electrons. The third kappa shape index (κ3) is 2.93. The Morgan fingerprint density at radius 2 is 1.88 bits per heavy atom. The molecule has 0 aliphatic carbocycles. The summed E-state index contributed by atoms with van der Waals surface area (Å²) in [7, 11) is 0. The largest absolute Gasteiger partial charge is 0.394 e. The van der Waals surface area contributed by atoms with Crippen molar-refractivity contribution in [1.82, 2.24) is 14.5 Å². The number of nitrogens with one attached hydrogen (secondary N) is 1. The molecule has 8 nitrogen and oxygen atoms in total. The predicted molar refractivity (Wildman–Crippen MR) is 94.3 cm³/mol. The molecule has 0 amide bonds. The predicted octanol–water partition coefficient (Wildman–Crippen LogP) is 0.655. The normalized spacial score (nSPS) is 25.7. The molecule has 3 aromatic rings. The third-order valence-electron chi connectivity index (χ3n) is 4.59. The fourth-order valence-corrected chi connectivity index (χ4v) is 3.19. The quantitative estimate of drug-likeness (QED) is 0.531. The zero-order chi connectivity index (χ0) is 18.1. The molecule has 0 radical (unpaired) electrons. The average Bonchev–Trinajstić information content (AvgIpc) is 3.23. The molecular formula is C18H20N4O4. The van der Waals surface area contributed by atoms with Gasteiger partial charge in [0.2, 0.25) is 0 Å². The third-order valence-corrected chi connectivity index (χ3v) is 4.59. The van der Waals surface area contributed by atoms with Crippen molar-refractivity contribution in [3.63, 3.8) is 0 Å². The van der Waals surface area contributed by atoms with Crippen LogP contribution < -0.4 is 5.32 Å². The first-order valence-electron chi connectivity index (χ1n) is 8.41. The number of aliphatic hydroxyl groups is 3. The summed E-state index contributed by atoms with van der Waals surface area (Å²) in [5.74, 6) is 0.622. The highest BCUT2D eigenvalue weighted by atomic mass is 16.6. The molecule has 4 N–H and O–H groups in total. The number of aliphatic hydroxyl groups excluding tert-OH is 3. The molecule has 2 aromatic heterocycles. The van der Waals surface area contributed by atoms with Gasteiger partial charge in [-0.05, 0) is 11.6 Å². The highest BCUT2D eigenvalue weighted by Gasteiger charge is 2.43. The molecule has 8 heteroatoms. The molecule has 4 rings (SSSR count). The number of hydrogen-bond acceptors (Lipinski definition) is 7. The summed E-state index contributed by atoms with van der Waals surface area (Å²) in [4.78, 5) is 8.74. The van der Waals surface area contributed by atoms with Crippen LogP contribution in [-0.2, 0) is 11.3 Å². The van der Waals surface area contributed by atoms with Crippen LogP contribution in [0.25, 0.3) is 11.0 Å². The second-order valence-corrected chi connectivity index (χ2v) is 6.25. The van der Waals surface area contributed by atoms with Crippen molar-refractivity contribution in [2.75, 3.05) is 11.9 Å². The van der Waals surface area contributed by atoms with E-state index in [1.54, 1.807) is 23.2 Å². The lowest BCUT2D eigenvalue weighted by atomic mass is 10.1. The highest BCUT2D eigenvalue weighted by Crippen LogP contribution is 2.32. The van der Waals surface area contributed by atoms with Crippen LogP contribution in [0, 0.1) is 0 Å². The highest BCUT2D eigenvalue weighted by molar-refractivity contribution is 5.85. The summed E-state index contributed by atoms with van der Waals surface area (Å²) in [5.41, 5.74) is 2.47. The number of fused-ring (bicyclic) bond motifs is 1. The Morgan fingerprint density at radius 3 is 2.62 bits per heavy atom. The van der Waals surface area contributed by atoms with Gasteiger partial charge in [-0.3, -0.25) is 0 Å². The topological polar surface area (TPSA) is 113 Å². The van der Waals surface area contributed by atoms with Gasteiger partial charge in [0.05, 0.1) is 18.5 Å². The van der Waals surface area contributed by atoms with Crippen molar-refractivity contribution in [1.29, 1.82) is 0 Å². The first-order chi connectivity index (χ1) is 12.7. The Bertz CT molecular complexity index is 885. The van der Waals surface area contributed by atoms with Gasteiger partial charge < -0.3 is 29.9 Å². The second-order valence-electron chi connectivity index (χ2n) is 6.25. The number of pyridine rings is 1. The van der Waals surface area contributed by atoms with E-state index in [0.717, 1.165) is 5.56 Å². The van der Waals surface area contributed by atoms with E-state index in [-0.39, 0.29) is 6.61 Å². The van der Waals surface area contributed by atoms with Crippen LogP contribution >= 0.6 is 0 Å². The van der Waals surface area contributed by atoms with Crippen LogP contribution in [0.2, 0.25) is 0 Å². The maximum absolute atomic E-state index is 10.2. The number of hydrogen-bond donors (Lipinski definition) is 4. The maximum atomic E-state index is 10.2. The number of ether oxygens (including phenoxy) is 1. The standard InChI is InChI=1S/C18H20N4O4/c23-9-13-15(24)16(25)18(26-13)22-10-21-14-12(22)6-7-19-17(14)20-8-11-4-2-1-3-5-11/h1-7,10,13,15-16,18,23-25H,8-9H2,(H,19,20)/t13-,15?,16?,18-/m1/s1.